The number of hydrogen-bond donors (Lipinski definition) is 2. The molecule has 2 unspecified atom stereocenters. The molecule has 2 heterocycles. The molecule has 2 saturated heterocycles. The van der Waals surface area contributed by atoms with E-state index in [4.69, 9.17) is 4.74 Å². The van der Waals surface area contributed by atoms with Crippen LogP contribution < -0.4 is 4.74 Å². The lowest BCUT2D eigenvalue weighted by atomic mass is 9.80. The molecule has 3 rings (SSSR count). The molecular weight excluding hydrogens is 412 g/mol. The van der Waals surface area contributed by atoms with E-state index in [2.05, 4.69) is 4.90 Å². The average Bonchev–Trinajstić information content (AvgIpc) is 2.78. The third-order valence-corrected chi connectivity index (χ3v) is 6.95. The minimum atomic E-state index is -0.791. The second-order valence-electron chi connectivity index (χ2n) is 9.01. The predicted molar refractivity (Wildman–Crippen MR) is 119 cm³/mol. The zero-order valence-electron chi connectivity index (χ0n) is 18.7. The van der Waals surface area contributed by atoms with Crippen molar-refractivity contribution in [1.29, 1.82) is 0 Å². The summed E-state index contributed by atoms with van der Waals surface area (Å²) in [4.78, 5) is 39.6. The summed E-state index contributed by atoms with van der Waals surface area (Å²) in [7, 11) is 1.61. The average molecular weight is 447 g/mol. The number of benzene rings is 1. The second-order valence-corrected chi connectivity index (χ2v) is 9.01. The van der Waals surface area contributed by atoms with Crippen molar-refractivity contribution in [1.82, 2.24) is 9.80 Å². The Balaban J connectivity index is 1.55. The first kappa shape index (κ1) is 24.0. The number of amides is 1. The molecule has 1 aromatic rings. The Labute approximate surface area is 189 Å². The molecule has 0 aromatic heterocycles. The molecule has 0 bridgehead atoms. The topological polar surface area (TPSA) is 107 Å². The summed E-state index contributed by atoms with van der Waals surface area (Å²) in [5.74, 6) is -0.748. The van der Waals surface area contributed by atoms with Gasteiger partial charge in [-0.1, -0.05) is 12.1 Å². The molecule has 1 aromatic carbocycles. The van der Waals surface area contributed by atoms with Crippen LogP contribution in [0.25, 0.3) is 0 Å². The van der Waals surface area contributed by atoms with Crippen molar-refractivity contribution < 1.29 is 29.3 Å². The van der Waals surface area contributed by atoms with Gasteiger partial charge in [-0.2, -0.15) is 0 Å². The van der Waals surface area contributed by atoms with E-state index < -0.39 is 11.9 Å². The molecule has 2 atom stereocenters. The first-order valence-electron chi connectivity index (χ1n) is 11.4. The van der Waals surface area contributed by atoms with Crippen molar-refractivity contribution in [2.75, 3.05) is 39.8 Å². The fourth-order valence-corrected chi connectivity index (χ4v) is 4.91. The van der Waals surface area contributed by atoms with Gasteiger partial charge in [0, 0.05) is 19.5 Å². The summed E-state index contributed by atoms with van der Waals surface area (Å²) in [6.45, 7) is 3.50. The van der Waals surface area contributed by atoms with Crippen LogP contribution in [0.3, 0.4) is 0 Å². The molecule has 2 aliphatic heterocycles. The highest BCUT2D eigenvalue weighted by atomic mass is 16.5. The number of hydrogen-bond acceptors (Lipinski definition) is 5. The lowest BCUT2D eigenvalue weighted by molar-refractivity contribution is -0.143. The van der Waals surface area contributed by atoms with Gasteiger partial charge in [0.25, 0.3) is 0 Å². The van der Waals surface area contributed by atoms with Crippen LogP contribution in [0.4, 0.5) is 0 Å². The first-order chi connectivity index (χ1) is 15.4. The summed E-state index contributed by atoms with van der Waals surface area (Å²) in [6, 6.07) is 7.48. The molecular formula is C24H34N2O6. The van der Waals surface area contributed by atoms with E-state index in [1.165, 1.54) is 0 Å². The highest BCUT2D eigenvalue weighted by Gasteiger charge is 2.33. The van der Waals surface area contributed by atoms with Crippen LogP contribution >= 0.6 is 0 Å². The van der Waals surface area contributed by atoms with E-state index >= 15 is 0 Å². The summed E-state index contributed by atoms with van der Waals surface area (Å²) >= 11 is 0. The van der Waals surface area contributed by atoms with Crippen LogP contribution in [0.15, 0.2) is 24.3 Å². The van der Waals surface area contributed by atoms with Crippen molar-refractivity contribution in [2.45, 2.75) is 38.5 Å². The van der Waals surface area contributed by atoms with E-state index in [9.17, 15) is 24.6 Å². The fourth-order valence-electron chi connectivity index (χ4n) is 4.91. The third kappa shape index (κ3) is 6.69. The highest BCUT2D eigenvalue weighted by molar-refractivity contribution is 5.79. The Kier molecular flexibility index (Phi) is 8.50. The molecule has 1 amide bonds. The van der Waals surface area contributed by atoms with Crippen molar-refractivity contribution in [3.8, 4) is 5.75 Å². The monoisotopic (exact) mass is 446 g/mol. The molecule has 8 heteroatoms. The van der Waals surface area contributed by atoms with Crippen LogP contribution in [-0.2, 0) is 20.8 Å². The van der Waals surface area contributed by atoms with Gasteiger partial charge in [-0.25, -0.2) is 0 Å². The molecule has 2 aliphatic rings. The third-order valence-electron chi connectivity index (χ3n) is 6.95. The minimum absolute atomic E-state index is 0.0640. The number of carbonyl (C=O) groups excluding carboxylic acids is 1. The van der Waals surface area contributed by atoms with Gasteiger partial charge in [-0.3, -0.25) is 14.4 Å². The number of methoxy groups -OCH3 is 1. The van der Waals surface area contributed by atoms with Gasteiger partial charge in [0.15, 0.2) is 0 Å². The van der Waals surface area contributed by atoms with Gasteiger partial charge < -0.3 is 24.7 Å². The number of carboxylic acid groups (broad SMARTS) is 2. The summed E-state index contributed by atoms with van der Waals surface area (Å²) in [6.07, 6.45) is 3.29. The molecule has 0 spiro atoms. The van der Waals surface area contributed by atoms with Gasteiger partial charge in [0.2, 0.25) is 5.91 Å². The molecule has 0 aliphatic carbocycles. The highest BCUT2D eigenvalue weighted by Crippen LogP contribution is 2.30. The Morgan fingerprint density at radius 3 is 2.28 bits per heavy atom. The molecule has 176 valence electrons. The number of rotatable bonds is 9. The maximum atomic E-state index is 12.9. The van der Waals surface area contributed by atoms with Crippen LogP contribution in [0.2, 0.25) is 0 Å². The zero-order valence-corrected chi connectivity index (χ0v) is 18.7. The normalized spacial score (nSPS) is 22.5. The number of piperidine rings is 2. The van der Waals surface area contributed by atoms with Crippen LogP contribution in [-0.4, -0.2) is 77.7 Å². The van der Waals surface area contributed by atoms with E-state index in [0.717, 1.165) is 37.4 Å². The number of likely N-dealkylation sites (tertiary alicyclic amines) is 2. The quantitative estimate of drug-likeness (QED) is 0.600. The predicted octanol–water partition coefficient (Wildman–Crippen LogP) is 2.36. The maximum Gasteiger partial charge on any atom is 0.306 e. The summed E-state index contributed by atoms with van der Waals surface area (Å²) < 4.78 is 5.17. The number of nitrogens with zero attached hydrogens (tertiary/aromatic N) is 2. The van der Waals surface area contributed by atoms with Crippen LogP contribution in [0, 0.1) is 17.8 Å². The summed E-state index contributed by atoms with van der Waals surface area (Å²) in [5.41, 5.74) is 0.932. The van der Waals surface area contributed by atoms with Gasteiger partial charge in [0.05, 0.1) is 19.4 Å². The van der Waals surface area contributed by atoms with Gasteiger partial charge in [-0.15, -0.1) is 0 Å². The van der Waals surface area contributed by atoms with Crippen molar-refractivity contribution in [2.24, 2.45) is 17.8 Å². The van der Waals surface area contributed by atoms with Crippen LogP contribution in [0.1, 0.15) is 37.7 Å². The van der Waals surface area contributed by atoms with Crippen molar-refractivity contribution in [3.63, 3.8) is 0 Å². The van der Waals surface area contributed by atoms with Crippen LogP contribution in [0.5, 0.6) is 5.75 Å². The molecule has 0 radical (unpaired) electrons. The van der Waals surface area contributed by atoms with E-state index in [-0.39, 0.29) is 30.1 Å². The van der Waals surface area contributed by atoms with Gasteiger partial charge >= 0.3 is 11.9 Å². The standard InChI is InChI=1S/C24H34N2O6/c1-32-21-4-2-17(3-5-21)14-22(27)26-13-9-19(15-23(28)29)20(16-26)8-12-25-10-6-18(7-11-25)24(30)31/h2-5,18-20H,6-16H2,1H3,(H,28,29)(H,30,31). The van der Waals surface area contributed by atoms with E-state index in [0.29, 0.717) is 38.8 Å². The van der Waals surface area contributed by atoms with E-state index in [1.807, 2.05) is 29.2 Å². The fraction of sp³-hybridized carbons (Fsp3) is 0.625. The molecule has 0 saturated carbocycles. The minimum Gasteiger partial charge on any atom is -0.497 e. The van der Waals surface area contributed by atoms with Gasteiger partial charge in [-0.05, 0) is 74.8 Å². The zero-order chi connectivity index (χ0) is 23.1. The molecule has 2 N–H and O–H groups in total. The smallest absolute Gasteiger partial charge is 0.306 e. The number of carbonyl (C=O) groups is 3. The number of carboxylic acids is 2. The first-order valence-corrected chi connectivity index (χ1v) is 11.4. The van der Waals surface area contributed by atoms with Crippen molar-refractivity contribution >= 4 is 17.8 Å². The number of ether oxygens (including phenoxy) is 1. The Bertz CT molecular complexity index is 788. The molecule has 2 fully saturated rings. The Morgan fingerprint density at radius 2 is 1.69 bits per heavy atom. The van der Waals surface area contributed by atoms with Crippen molar-refractivity contribution in [3.05, 3.63) is 29.8 Å². The number of aliphatic carboxylic acids is 2. The SMILES string of the molecule is COc1ccc(CC(=O)N2CCC(CC(=O)O)C(CCN3CCC(C(=O)O)CC3)C2)cc1. The Hall–Kier alpha value is -2.61. The largest absolute Gasteiger partial charge is 0.497 e. The lowest BCUT2D eigenvalue weighted by Crippen LogP contribution is -2.46. The molecule has 8 nitrogen and oxygen atoms in total. The lowest BCUT2D eigenvalue weighted by Gasteiger charge is -2.39. The molecule has 32 heavy (non-hydrogen) atoms. The Morgan fingerprint density at radius 1 is 1.00 bits per heavy atom. The maximum absolute atomic E-state index is 12.9. The van der Waals surface area contributed by atoms with Gasteiger partial charge in [0.1, 0.15) is 5.75 Å². The second kappa shape index (κ2) is 11.3. The van der Waals surface area contributed by atoms with E-state index in [1.54, 1.807) is 7.11 Å². The summed E-state index contributed by atoms with van der Waals surface area (Å²) in [5, 5.41) is 18.5.